The molecule has 6 nitrogen and oxygen atoms in total. The fourth-order valence-corrected chi connectivity index (χ4v) is 3.55. The number of ether oxygens (including phenoxy) is 1. The summed E-state index contributed by atoms with van der Waals surface area (Å²) in [6.45, 7) is 5.37. The second-order valence-corrected chi connectivity index (χ2v) is 6.16. The van der Waals surface area contributed by atoms with Crippen LogP contribution in [0.15, 0.2) is 0 Å². The van der Waals surface area contributed by atoms with Gasteiger partial charge in [-0.15, -0.1) is 0 Å². The normalized spacial score (nSPS) is 33.1. The maximum absolute atomic E-state index is 12.0. The molecule has 20 heavy (non-hydrogen) atoms. The molecule has 0 N–H and O–H groups in total. The van der Waals surface area contributed by atoms with E-state index in [9.17, 15) is 9.59 Å². The maximum Gasteiger partial charge on any atom is 0.323 e. The molecule has 0 radical (unpaired) electrons. The van der Waals surface area contributed by atoms with Crippen molar-refractivity contribution >= 4 is 12.0 Å². The molecule has 3 rings (SSSR count). The van der Waals surface area contributed by atoms with Crippen LogP contribution < -0.4 is 0 Å². The van der Waals surface area contributed by atoms with Gasteiger partial charge in [0.05, 0.1) is 0 Å². The summed E-state index contributed by atoms with van der Waals surface area (Å²) in [5, 5.41) is 0. The molecule has 2 atom stereocenters. The number of carbonyl (C=O) groups is 2. The average Bonchev–Trinajstić information content (AvgIpc) is 2.94. The number of hydrogen-bond acceptors (Lipinski definition) is 4. The summed E-state index contributed by atoms with van der Waals surface area (Å²) in [5.41, 5.74) is 0. The third kappa shape index (κ3) is 2.37. The van der Waals surface area contributed by atoms with Crippen LogP contribution in [0.5, 0.6) is 0 Å². The fourth-order valence-electron chi connectivity index (χ4n) is 3.55. The lowest BCUT2D eigenvalue weighted by atomic mass is 10.0. The summed E-state index contributed by atoms with van der Waals surface area (Å²) in [6, 6.07) is 0.416. The zero-order chi connectivity index (χ0) is 14.3. The number of cyclic esters (lactones) is 1. The number of piperidine rings is 1. The summed E-state index contributed by atoms with van der Waals surface area (Å²) >= 11 is 0. The van der Waals surface area contributed by atoms with E-state index in [4.69, 9.17) is 4.74 Å². The van der Waals surface area contributed by atoms with E-state index in [0.717, 1.165) is 45.4 Å². The third-order valence-electron chi connectivity index (χ3n) is 4.77. The summed E-state index contributed by atoms with van der Waals surface area (Å²) in [5.74, 6) is -0.0760. The predicted octanol–water partition coefficient (Wildman–Crippen LogP) is 0.522. The SMILES string of the molecule is C[C@@H]1C[C@@H](N2CCC(N3CCN(C)C3=O)CC2)C(=O)O1. The van der Waals surface area contributed by atoms with E-state index in [-0.39, 0.29) is 24.1 Å². The largest absolute Gasteiger partial charge is 0.461 e. The van der Waals surface area contributed by atoms with Gasteiger partial charge in [-0.2, -0.15) is 0 Å². The molecule has 3 heterocycles. The number of esters is 1. The topological polar surface area (TPSA) is 53.1 Å². The number of likely N-dealkylation sites (tertiary alicyclic amines) is 1. The van der Waals surface area contributed by atoms with E-state index in [1.165, 1.54) is 0 Å². The molecule has 0 unspecified atom stereocenters. The first-order valence-electron chi connectivity index (χ1n) is 7.52. The predicted molar refractivity (Wildman–Crippen MR) is 73.3 cm³/mol. The van der Waals surface area contributed by atoms with Crippen molar-refractivity contribution in [3.05, 3.63) is 0 Å². The van der Waals surface area contributed by atoms with E-state index < -0.39 is 0 Å². The first-order valence-corrected chi connectivity index (χ1v) is 7.52. The number of urea groups is 1. The van der Waals surface area contributed by atoms with Gasteiger partial charge in [-0.1, -0.05) is 0 Å². The third-order valence-corrected chi connectivity index (χ3v) is 4.77. The molecule has 112 valence electrons. The van der Waals surface area contributed by atoms with E-state index in [2.05, 4.69) is 4.90 Å². The van der Waals surface area contributed by atoms with Crippen molar-refractivity contribution in [1.29, 1.82) is 0 Å². The highest BCUT2D eigenvalue weighted by molar-refractivity contribution is 5.78. The van der Waals surface area contributed by atoms with Gasteiger partial charge in [-0.3, -0.25) is 9.69 Å². The molecule has 3 aliphatic rings. The molecule has 0 spiro atoms. The quantitative estimate of drug-likeness (QED) is 0.693. The number of carbonyl (C=O) groups excluding carboxylic acids is 2. The molecule has 2 amide bonds. The van der Waals surface area contributed by atoms with Gasteiger partial charge >= 0.3 is 12.0 Å². The number of hydrogen-bond donors (Lipinski definition) is 0. The van der Waals surface area contributed by atoms with Crippen molar-refractivity contribution in [3.8, 4) is 0 Å². The highest BCUT2D eigenvalue weighted by Gasteiger charge is 2.40. The molecule has 0 bridgehead atoms. The summed E-state index contributed by atoms with van der Waals surface area (Å²) in [7, 11) is 1.85. The highest BCUT2D eigenvalue weighted by Crippen LogP contribution is 2.26. The standard InChI is InChI=1S/C14H23N3O3/c1-10-9-12(13(18)20-10)16-5-3-11(4-6-16)17-8-7-15(2)14(17)19/h10-12H,3-9H2,1-2H3/t10-,12-/m1/s1. The van der Waals surface area contributed by atoms with Crippen molar-refractivity contribution in [2.45, 2.75) is 44.4 Å². The molecule has 0 aromatic carbocycles. The van der Waals surface area contributed by atoms with E-state index in [1.54, 1.807) is 4.90 Å². The molecule has 0 saturated carbocycles. The Labute approximate surface area is 119 Å². The van der Waals surface area contributed by atoms with Crippen LogP contribution in [0.2, 0.25) is 0 Å². The smallest absolute Gasteiger partial charge is 0.323 e. The van der Waals surface area contributed by atoms with Crippen LogP contribution in [-0.4, -0.2) is 78.1 Å². The Morgan fingerprint density at radius 2 is 1.80 bits per heavy atom. The van der Waals surface area contributed by atoms with Gasteiger partial charge in [0.2, 0.25) is 0 Å². The lowest BCUT2D eigenvalue weighted by Crippen LogP contribution is -2.50. The van der Waals surface area contributed by atoms with Crippen molar-refractivity contribution in [3.63, 3.8) is 0 Å². The fraction of sp³-hybridized carbons (Fsp3) is 0.857. The van der Waals surface area contributed by atoms with Crippen LogP contribution >= 0.6 is 0 Å². The van der Waals surface area contributed by atoms with E-state index in [0.29, 0.717) is 6.04 Å². The van der Waals surface area contributed by atoms with E-state index >= 15 is 0 Å². The molecular weight excluding hydrogens is 258 g/mol. The Morgan fingerprint density at radius 3 is 2.30 bits per heavy atom. The van der Waals surface area contributed by atoms with Gasteiger partial charge < -0.3 is 14.5 Å². The number of nitrogens with zero attached hydrogens (tertiary/aromatic N) is 3. The van der Waals surface area contributed by atoms with Gasteiger partial charge in [0, 0.05) is 45.7 Å². The summed E-state index contributed by atoms with van der Waals surface area (Å²) < 4.78 is 5.23. The van der Waals surface area contributed by atoms with Crippen LogP contribution in [0.25, 0.3) is 0 Å². The number of rotatable bonds is 2. The second-order valence-electron chi connectivity index (χ2n) is 6.16. The molecule has 0 aromatic heterocycles. The van der Waals surface area contributed by atoms with Gasteiger partial charge in [0.1, 0.15) is 12.1 Å². The van der Waals surface area contributed by atoms with Crippen LogP contribution in [0.3, 0.4) is 0 Å². The summed E-state index contributed by atoms with van der Waals surface area (Å²) in [6.07, 6.45) is 2.75. The average molecular weight is 281 g/mol. The minimum Gasteiger partial charge on any atom is -0.461 e. The van der Waals surface area contributed by atoms with E-state index in [1.807, 2.05) is 18.9 Å². The van der Waals surface area contributed by atoms with Crippen molar-refractivity contribution in [1.82, 2.24) is 14.7 Å². The Bertz CT molecular complexity index is 396. The minimum absolute atomic E-state index is 0.0408. The lowest BCUT2D eigenvalue weighted by molar-refractivity contribution is -0.145. The maximum atomic E-state index is 12.0. The number of amides is 2. The Morgan fingerprint density at radius 1 is 1.10 bits per heavy atom. The van der Waals surface area contributed by atoms with Crippen molar-refractivity contribution in [2.24, 2.45) is 0 Å². The van der Waals surface area contributed by atoms with Crippen LogP contribution in [0, 0.1) is 0 Å². The second kappa shape index (κ2) is 5.24. The molecule has 0 aromatic rings. The lowest BCUT2D eigenvalue weighted by Gasteiger charge is -2.37. The Balaban J connectivity index is 1.55. The van der Waals surface area contributed by atoms with Gasteiger partial charge in [-0.25, -0.2) is 4.79 Å². The van der Waals surface area contributed by atoms with Gasteiger partial charge in [0.15, 0.2) is 0 Å². The highest BCUT2D eigenvalue weighted by atomic mass is 16.6. The molecule has 3 fully saturated rings. The van der Waals surface area contributed by atoms with Gasteiger partial charge in [-0.05, 0) is 19.8 Å². The molecule has 6 heteroatoms. The molecule has 3 aliphatic heterocycles. The van der Waals surface area contributed by atoms with Crippen LogP contribution in [0.1, 0.15) is 26.2 Å². The summed E-state index contributed by atoms with van der Waals surface area (Å²) in [4.78, 5) is 29.8. The molecule has 0 aliphatic carbocycles. The zero-order valence-electron chi connectivity index (χ0n) is 12.2. The van der Waals surface area contributed by atoms with Gasteiger partial charge in [0.25, 0.3) is 0 Å². The Kier molecular flexibility index (Phi) is 3.58. The van der Waals surface area contributed by atoms with Crippen molar-refractivity contribution < 1.29 is 14.3 Å². The molecular formula is C14H23N3O3. The zero-order valence-corrected chi connectivity index (χ0v) is 12.2. The first kappa shape index (κ1) is 13.7. The van der Waals surface area contributed by atoms with Crippen molar-refractivity contribution in [2.75, 3.05) is 33.2 Å². The van der Waals surface area contributed by atoms with Crippen LogP contribution in [0.4, 0.5) is 4.79 Å². The Hall–Kier alpha value is -1.30. The number of likely N-dealkylation sites (N-methyl/N-ethyl adjacent to an activating group) is 1. The monoisotopic (exact) mass is 281 g/mol. The minimum atomic E-state index is -0.0760. The first-order chi connectivity index (χ1) is 9.56. The van der Waals surface area contributed by atoms with Crippen LogP contribution in [-0.2, 0) is 9.53 Å². The molecule has 3 saturated heterocycles.